The number of rotatable bonds is 9. The van der Waals surface area contributed by atoms with Crippen LogP contribution < -0.4 is 15.4 Å². The van der Waals surface area contributed by atoms with Gasteiger partial charge in [0.05, 0.1) is 0 Å². The smallest absolute Gasteiger partial charge is 0.315 e. The molecule has 5 nitrogen and oxygen atoms in total. The van der Waals surface area contributed by atoms with Crippen molar-refractivity contribution in [2.24, 2.45) is 0 Å². The van der Waals surface area contributed by atoms with Gasteiger partial charge in [0.1, 0.15) is 12.4 Å². The van der Waals surface area contributed by atoms with Crippen LogP contribution in [-0.4, -0.2) is 30.2 Å². The first-order chi connectivity index (χ1) is 13.6. The quantitative estimate of drug-likeness (QED) is 0.542. The van der Waals surface area contributed by atoms with Crippen LogP contribution in [0.3, 0.4) is 0 Å². The van der Waals surface area contributed by atoms with E-state index in [-0.39, 0.29) is 6.03 Å². The molecule has 1 aromatic heterocycles. The molecule has 0 atom stereocenters. The molecule has 148 valence electrons. The molecule has 2 amide bonds. The zero-order chi connectivity index (χ0) is 19.8. The molecule has 0 unspecified atom stereocenters. The zero-order valence-corrected chi connectivity index (χ0v) is 15.4. The number of fused-ring (bicyclic) bond motifs is 1. The van der Waals surface area contributed by atoms with Crippen molar-refractivity contribution in [1.29, 1.82) is 0 Å². The highest BCUT2D eigenvalue weighted by Crippen LogP contribution is 2.15. The van der Waals surface area contributed by atoms with Gasteiger partial charge in [0.25, 0.3) is 6.43 Å². The number of amides is 2. The average Bonchev–Trinajstić information content (AvgIpc) is 3.11. The number of nitrogens with one attached hydrogen (secondary N) is 2. The fourth-order valence-electron chi connectivity index (χ4n) is 2.94. The summed E-state index contributed by atoms with van der Waals surface area (Å²) >= 11 is 0. The van der Waals surface area contributed by atoms with E-state index in [2.05, 4.69) is 33.4 Å². The minimum atomic E-state index is -2.52. The zero-order valence-electron chi connectivity index (χ0n) is 15.4. The molecule has 3 aromatic rings. The number of nitrogens with zero attached hydrogens (tertiary/aromatic N) is 1. The van der Waals surface area contributed by atoms with Crippen LogP contribution in [0.1, 0.15) is 12.0 Å². The molecular formula is C21H23F2N3O2. The third-order valence-electron chi connectivity index (χ3n) is 4.27. The molecule has 1 heterocycles. The molecule has 2 aromatic carbocycles. The van der Waals surface area contributed by atoms with E-state index in [9.17, 15) is 13.6 Å². The van der Waals surface area contributed by atoms with Crippen LogP contribution in [0.5, 0.6) is 5.75 Å². The second-order valence-electron chi connectivity index (χ2n) is 6.38. The number of carbonyl (C=O) groups excluding carboxylic acids is 1. The van der Waals surface area contributed by atoms with Crippen LogP contribution in [-0.2, 0) is 13.1 Å². The van der Waals surface area contributed by atoms with Gasteiger partial charge >= 0.3 is 6.03 Å². The van der Waals surface area contributed by atoms with E-state index in [1.165, 1.54) is 10.9 Å². The van der Waals surface area contributed by atoms with Crippen LogP contribution in [0.25, 0.3) is 10.9 Å². The summed E-state index contributed by atoms with van der Waals surface area (Å²) in [6.07, 6.45) is 0.341. The average molecular weight is 387 g/mol. The number of aromatic nitrogens is 1. The molecule has 0 aliphatic rings. The number of halogens is 2. The molecule has 28 heavy (non-hydrogen) atoms. The number of urea groups is 1. The Hall–Kier alpha value is -3.09. The lowest BCUT2D eigenvalue weighted by Gasteiger charge is -2.10. The Morgan fingerprint density at radius 2 is 1.93 bits per heavy atom. The van der Waals surface area contributed by atoms with Crippen molar-refractivity contribution in [3.8, 4) is 5.75 Å². The Morgan fingerprint density at radius 3 is 2.79 bits per heavy atom. The maximum Gasteiger partial charge on any atom is 0.315 e. The Morgan fingerprint density at radius 1 is 1.07 bits per heavy atom. The SMILES string of the molecule is O=C(NCCCn1ccc2ccccc21)NCc1cccc(OCC(F)F)c1. The van der Waals surface area contributed by atoms with Gasteiger partial charge in [-0.1, -0.05) is 30.3 Å². The van der Waals surface area contributed by atoms with E-state index in [1.54, 1.807) is 24.3 Å². The first kappa shape index (κ1) is 19.7. The normalized spacial score (nSPS) is 11.0. The van der Waals surface area contributed by atoms with Crippen molar-refractivity contribution in [2.45, 2.75) is 25.9 Å². The van der Waals surface area contributed by atoms with Gasteiger partial charge in [0, 0.05) is 31.3 Å². The highest BCUT2D eigenvalue weighted by Gasteiger charge is 2.05. The molecule has 0 aliphatic carbocycles. The highest BCUT2D eigenvalue weighted by atomic mass is 19.3. The summed E-state index contributed by atoms with van der Waals surface area (Å²) in [5, 5.41) is 6.78. The predicted molar refractivity (Wildman–Crippen MR) is 105 cm³/mol. The largest absolute Gasteiger partial charge is 0.488 e. The van der Waals surface area contributed by atoms with Crippen molar-refractivity contribution < 1.29 is 18.3 Å². The Balaban J connectivity index is 1.37. The highest BCUT2D eigenvalue weighted by molar-refractivity contribution is 5.79. The fraction of sp³-hybridized carbons (Fsp3) is 0.286. The Labute approximate surface area is 162 Å². The predicted octanol–water partition coefficient (Wildman–Crippen LogP) is 4.17. The van der Waals surface area contributed by atoms with Gasteiger partial charge in [-0.05, 0) is 41.6 Å². The molecule has 0 aliphatic heterocycles. The fourth-order valence-corrected chi connectivity index (χ4v) is 2.94. The van der Waals surface area contributed by atoms with Crippen molar-refractivity contribution in [1.82, 2.24) is 15.2 Å². The van der Waals surface area contributed by atoms with Crippen LogP contribution in [0.15, 0.2) is 60.8 Å². The van der Waals surface area contributed by atoms with E-state index < -0.39 is 13.0 Å². The number of hydrogen-bond donors (Lipinski definition) is 2. The van der Waals surface area contributed by atoms with E-state index in [0.717, 1.165) is 18.5 Å². The lowest BCUT2D eigenvalue weighted by Crippen LogP contribution is -2.35. The molecule has 0 bridgehead atoms. The second-order valence-corrected chi connectivity index (χ2v) is 6.38. The topological polar surface area (TPSA) is 55.3 Å². The standard InChI is InChI=1S/C21H23F2N3O2/c22-20(23)15-28-18-7-3-5-16(13-18)14-25-21(27)24-10-4-11-26-12-9-17-6-1-2-8-19(17)26/h1-3,5-9,12-13,20H,4,10-11,14-15H2,(H2,24,25,27). The summed E-state index contributed by atoms with van der Waals surface area (Å²) in [5.74, 6) is 0.360. The maximum absolute atomic E-state index is 12.2. The first-order valence-corrected chi connectivity index (χ1v) is 9.17. The number of para-hydroxylation sites is 1. The number of ether oxygens (including phenoxy) is 1. The van der Waals surface area contributed by atoms with Crippen molar-refractivity contribution in [3.05, 3.63) is 66.4 Å². The lowest BCUT2D eigenvalue weighted by molar-refractivity contribution is 0.0818. The van der Waals surface area contributed by atoms with Crippen LogP contribution in [0.2, 0.25) is 0 Å². The van der Waals surface area contributed by atoms with E-state index in [0.29, 0.717) is 18.8 Å². The van der Waals surface area contributed by atoms with Crippen molar-refractivity contribution >= 4 is 16.9 Å². The van der Waals surface area contributed by atoms with Gasteiger partial charge in [-0.25, -0.2) is 13.6 Å². The van der Waals surface area contributed by atoms with Gasteiger partial charge < -0.3 is 19.9 Å². The summed E-state index contributed by atoms with van der Waals surface area (Å²) in [5.41, 5.74) is 1.96. The molecular weight excluding hydrogens is 364 g/mol. The Bertz CT molecular complexity index is 911. The first-order valence-electron chi connectivity index (χ1n) is 9.17. The number of hydrogen-bond acceptors (Lipinski definition) is 2. The minimum Gasteiger partial charge on any atom is -0.488 e. The summed E-state index contributed by atoms with van der Waals surface area (Å²) in [4.78, 5) is 11.9. The molecule has 0 saturated carbocycles. The minimum absolute atomic E-state index is 0.267. The monoisotopic (exact) mass is 387 g/mol. The third kappa shape index (κ3) is 5.70. The second kappa shape index (κ2) is 9.73. The van der Waals surface area contributed by atoms with E-state index in [4.69, 9.17) is 4.74 Å². The summed E-state index contributed by atoms with van der Waals surface area (Å²) < 4.78 is 31.5. The number of aryl methyl sites for hydroxylation is 1. The van der Waals surface area contributed by atoms with Crippen molar-refractivity contribution in [3.63, 3.8) is 0 Å². The summed E-state index contributed by atoms with van der Waals surface area (Å²) in [7, 11) is 0. The van der Waals surface area contributed by atoms with Crippen molar-refractivity contribution in [2.75, 3.05) is 13.2 Å². The van der Waals surface area contributed by atoms with Gasteiger partial charge in [0.15, 0.2) is 0 Å². The molecule has 0 spiro atoms. The summed E-state index contributed by atoms with van der Waals surface area (Å²) in [6.45, 7) is 1.02. The van der Waals surface area contributed by atoms with Gasteiger partial charge in [-0.2, -0.15) is 0 Å². The van der Waals surface area contributed by atoms with Crippen LogP contribution in [0.4, 0.5) is 13.6 Å². The van der Waals surface area contributed by atoms with Crippen LogP contribution in [0, 0.1) is 0 Å². The molecule has 0 radical (unpaired) electrons. The molecule has 0 fully saturated rings. The third-order valence-corrected chi connectivity index (χ3v) is 4.27. The number of carbonyl (C=O) groups is 1. The number of benzene rings is 2. The number of alkyl halides is 2. The maximum atomic E-state index is 12.2. The van der Waals surface area contributed by atoms with Gasteiger partial charge in [-0.15, -0.1) is 0 Å². The van der Waals surface area contributed by atoms with Gasteiger partial charge in [0.2, 0.25) is 0 Å². The molecule has 0 saturated heterocycles. The summed E-state index contributed by atoms with van der Waals surface area (Å²) in [6, 6.07) is 16.7. The van der Waals surface area contributed by atoms with Gasteiger partial charge in [-0.3, -0.25) is 0 Å². The molecule has 2 N–H and O–H groups in total. The molecule has 7 heteroatoms. The van der Waals surface area contributed by atoms with E-state index >= 15 is 0 Å². The lowest BCUT2D eigenvalue weighted by atomic mass is 10.2. The molecule has 3 rings (SSSR count). The Kier molecular flexibility index (Phi) is 6.84. The van der Waals surface area contributed by atoms with E-state index in [1.807, 2.05) is 18.3 Å². The van der Waals surface area contributed by atoms with Crippen LogP contribution >= 0.6 is 0 Å².